The van der Waals surface area contributed by atoms with Crippen molar-refractivity contribution in [3.63, 3.8) is 0 Å². The number of methoxy groups -OCH3 is 1. The molecule has 0 saturated heterocycles. The van der Waals surface area contributed by atoms with Crippen LogP contribution in [0.1, 0.15) is 18.5 Å². The third-order valence-corrected chi connectivity index (χ3v) is 3.31. The van der Waals surface area contributed by atoms with Gasteiger partial charge in [-0.1, -0.05) is 12.1 Å². The molecule has 1 heterocycles. The Morgan fingerprint density at radius 1 is 1.40 bits per heavy atom. The van der Waals surface area contributed by atoms with Crippen molar-refractivity contribution in [1.82, 2.24) is 15.3 Å². The van der Waals surface area contributed by atoms with E-state index in [0.29, 0.717) is 24.2 Å². The Bertz CT molecular complexity index is 662. The van der Waals surface area contributed by atoms with Crippen LogP contribution in [-0.4, -0.2) is 23.1 Å². The van der Waals surface area contributed by atoms with Crippen LogP contribution >= 0.6 is 0 Å². The van der Waals surface area contributed by atoms with Gasteiger partial charge in [0, 0.05) is 18.7 Å². The van der Waals surface area contributed by atoms with Gasteiger partial charge in [0.1, 0.15) is 11.6 Å². The third kappa shape index (κ3) is 2.88. The summed E-state index contributed by atoms with van der Waals surface area (Å²) in [5.74, 6) is 1.24. The highest BCUT2D eigenvalue weighted by Gasteiger charge is 2.20. The van der Waals surface area contributed by atoms with Crippen LogP contribution in [0.25, 0.3) is 11.4 Å². The van der Waals surface area contributed by atoms with Gasteiger partial charge >= 0.3 is 0 Å². The quantitative estimate of drug-likeness (QED) is 0.868. The fourth-order valence-corrected chi connectivity index (χ4v) is 2.10. The van der Waals surface area contributed by atoms with Crippen molar-refractivity contribution in [2.45, 2.75) is 25.4 Å². The predicted octanol–water partition coefficient (Wildman–Crippen LogP) is 1.70. The number of H-pyrrole nitrogens is 1. The molecule has 104 valence electrons. The summed E-state index contributed by atoms with van der Waals surface area (Å²) < 4.78 is 5.31. The van der Waals surface area contributed by atoms with Crippen molar-refractivity contribution >= 4 is 0 Å². The molecular formula is C15H17N3O2. The van der Waals surface area contributed by atoms with Crippen molar-refractivity contribution < 1.29 is 4.74 Å². The smallest absolute Gasteiger partial charge is 0.251 e. The Hall–Kier alpha value is -2.14. The summed E-state index contributed by atoms with van der Waals surface area (Å²) in [5, 5.41) is 3.36. The van der Waals surface area contributed by atoms with Crippen LogP contribution in [0.5, 0.6) is 5.75 Å². The molecule has 0 bridgehead atoms. The van der Waals surface area contributed by atoms with Gasteiger partial charge in [-0.15, -0.1) is 0 Å². The van der Waals surface area contributed by atoms with E-state index >= 15 is 0 Å². The number of para-hydroxylation sites is 1. The Morgan fingerprint density at radius 3 is 2.95 bits per heavy atom. The van der Waals surface area contributed by atoms with Crippen LogP contribution < -0.4 is 15.6 Å². The minimum Gasteiger partial charge on any atom is -0.496 e. The Morgan fingerprint density at radius 2 is 2.20 bits per heavy atom. The van der Waals surface area contributed by atoms with Crippen molar-refractivity contribution in [3.8, 4) is 17.1 Å². The van der Waals surface area contributed by atoms with Crippen molar-refractivity contribution in [2.24, 2.45) is 0 Å². The summed E-state index contributed by atoms with van der Waals surface area (Å²) in [6, 6.07) is 9.64. The fraction of sp³-hybridized carbons (Fsp3) is 0.333. The molecule has 2 N–H and O–H groups in total. The van der Waals surface area contributed by atoms with Gasteiger partial charge in [-0.25, -0.2) is 4.98 Å². The van der Waals surface area contributed by atoms with Crippen LogP contribution in [0.3, 0.4) is 0 Å². The van der Waals surface area contributed by atoms with E-state index in [2.05, 4.69) is 15.3 Å². The monoisotopic (exact) mass is 271 g/mol. The highest BCUT2D eigenvalue weighted by atomic mass is 16.5. The molecule has 1 aliphatic carbocycles. The summed E-state index contributed by atoms with van der Waals surface area (Å²) in [6.45, 7) is 0.622. The summed E-state index contributed by atoms with van der Waals surface area (Å²) >= 11 is 0. The zero-order valence-corrected chi connectivity index (χ0v) is 11.3. The van der Waals surface area contributed by atoms with E-state index in [0.717, 1.165) is 11.3 Å². The van der Waals surface area contributed by atoms with Gasteiger partial charge in [-0.05, 0) is 25.0 Å². The molecule has 0 amide bonds. The second-order valence-electron chi connectivity index (χ2n) is 4.94. The van der Waals surface area contributed by atoms with E-state index in [1.165, 1.54) is 18.9 Å². The minimum absolute atomic E-state index is 0.145. The van der Waals surface area contributed by atoms with Gasteiger partial charge in [0.25, 0.3) is 5.56 Å². The number of hydrogen-bond acceptors (Lipinski definition) is 4. The predicted molar refractivity (Wildman–Crippen MR) is 76.7 cm³/mol. The first-order chi connectivity index (χ1) is 9.76. The molecule has 1 aliphatic rings. The first kappa shape index (κ1) is 12.9. The van der Waals surface area contributed by atoms with E-state index in [1.807, 2.05) is 24.3 Å². The molecule has 1 aromatic carbocycles. The molecule has 2 aromatic rings. The van der Waals surface area contributed by atoms with E-state index in [9.17, 15) is 4.79 Å². The lowest BCUT2D eigenvalue weighted by Gasteiger charge is -2.09. The third-order valence-electron chi connectivity index (χ3n) is 3.31. The van der Waals surface area contributed by atoms with Crippen LogP contribution in [0.15, 0.2) is 35.1 Å². The molecule has 5 nitrogen and oxygen atoms in total. The maximum atomic E-state index is 11.8. The van der Waals surface area contributed by atoms with Crippen LogP contribution in [0, 0.1) is 0 Å². The zero-order valence-electron chi connectivity index (χ0n) is 11.3. The summed E-state index contributed by atoms with van der Waals surface area (Å²) in [6.07, 6.45) is 2.42. The lowest BCUT2D eigenvalue weighted by Crippen LogP contribution is -2.19. The molecule has 0 atom stereocenters. The van der Waals surface area contributed by atoms with Gasteiger partial charge in [0.15, 0.2) is 0 Å². The highest BCUT2D eigenvalue weighted by Crippen LogP contribution is 2.26. The van der Waals surface area contributed by atoms with E-state index < -0.39 is 0 Å². The van der Waals surface area contributed by atoms with E-state index in [1.54, 1.807) is 7.11 Å². The maximum absolute atomic E-state index is 11.8. The fourth-order valence-electron chi connectivity index (χ4n) is 2.10. The van der Waals surface area contributed by atoms with Crippen LogP contribution in [0.2, 0.25) is 0 Å². The van der Waals surface area contributed by atoms with Crippen molar-refractivity contribution in [1.29, 1.82) is 0 Å². The SMILES string of the molecule is COc1ccccc1-c1nc(CNC2CC2)cc(=O)[nH]1. The lowest BCUT2D eigenvalue weighted by atomic mass is 10.2. The minimum atomic E-state index is -0.145. The van der Waals surface area contributed by atoms with Crippen molar-refractivity contribution in [3.05, 3.63) is 46.4 Å². The van der Waals surface area contributed by atoms with Gasteiger partial charge < -0.3 is 15.0 Å². The normalized spacial score (nSPS) is 14.2. The standard InChI is InChI=1S/C15H17N3O2/c1-20-13-5-3-2-4-12(13)15-17-11(8-14(19)18-15)9-16-10-6-7-10/h2-5,8,10,16H,6-7,9H2,1H3,(H,17,18,19). The molecular weight excluding hydrogens is 254 g/mol. The number of aromatic amines is 1. The first-order valence-corrected chi connectivity index (χ1v) is 6.73. The number of rotatable bonds is 5. The van der Waals surface area contributed by atoms with Gasteiger partial charge in [0.2, 0.25) is 0 Å². The molecule has 1 aromatic heterocycles. The van der Waals surface area contributed by atoms with Gasteiger partial charge in [-0.3, -0.25) is 4.79 Å². The number of hydrogen-bond donors (Lipinski definition) is 2. The average Bonchev–Trinajstić information content (AvgIpc) is 3.29. The number of aromatic nitrogens is 2. The molecule has 0 spiro atoms. The van der Waals surface area contributed by atoms with E-state index in [4.69, 9.17) is 4.74 Å². The Labute approximate surface area is 117 Å². The number of nitrogens with zero attached hydrogens (tertiary/aromatic N) is 1. The summed E-state index contributed by atoms with van der Waals surface area (Å²) in [5.41, 5.74) is 1.40. The molecule has 0 unspecified atom stereocenters. The summed E-state index contributed by atoms with van der Waals surface area (Å²) in [4.78, 5) is 19.1. The molecule has 5 heteroatoms. The molecule has 1 saturated carbocycles. The maximum Gasteiger partial charge on any atom is 0.251 e. The first-order valence-electron chi connectivity index (χ1n) is 6.73. The highest BCUT2D eigenvalue weighted by molar-refractivity contribution is 5.63. The van der Waals surface area contributed by atoms with Crippen molar-refractivity contribution in [2.75, 3.05) is 7.11 Å². The van der Waals surface area contributed by atoms with Crippen LogP contribution in [-0.2, 0) is 6.54 Å². The van der Waals surface area contributed by atoms with Gasteiger partial charge in [-0.2, -0.15) is 0 Å². The second-order valence-corrected chi connectivity index (χ2v) is 4.94. The summed E-state index contributed by atoms with van der Waals surface area (Å²) in [7, 11) is 1.61. The Balaban J connectivity index is 1.93. The molecule has 0 aliphatic heterocycles. The second kappa shape index (κ2) is 5.46. The largest absolute Gasteiger partial charge is 0.496 e. The lowest BCUT2D eigenvalue weighted by molar-refractivity contribution is 0.416. The number of ether oxygens (including phenoxy) is 1. The Kier molecular flexibility index (Phi) is 3.52. The number of nitrogens with one attached hydrogen (secondary N) is 2. The zero-order chi connectivity index (χ0) is 13.9. The topological polar surface area (TPSA) is 67.0 Å². The van der Waals surface area contributed by atoms with Gasteiger partial charge in [0.05, 0.1) is 18.4 Å². The number of benzene rings is 1. The molecule has 20 heavy (non-hydrogen) atoms. The molecule has 0 radical (unpaired) electrons. The van der Waals surface area contributed by atoms with Crippen LogP contribution in [0.4, 0.5) is 0 Å². The van der Waals surface area contributed by atoms with E-state index in [-0.39, 0.29) is 5.56 Å². The average molecular weight is 271 g/mol. The molecule has 3 rings (SSSR count). The molecule has 1 fully saturated rings.